The molecule has 0 radical (unpaired) electrons. The van der Waals surface area contributed by atoms with E-state index in [1.54, 1.807) is 6.07 Å². The Labute approximate surface area is 175 Å². The van der Waals surface area contributed by atoms with Crippen LogP contribution in [0.1, 0.15) is 12.8 Å². The third-order valence-electron chi connectivity index (χ3n) is 3.39. The van der Waals surface area contributed by atoms with E-state index in [9.17, 15) is 9.59 Å². The minimum absolute atomic E-state index is 0.0187. The van der Waals surface area contributed by atoms with E-state index in [2.05, 4.69) is 62.2 Å². The van der Waals surface area contributed by atoms with Crippen LogP contribution >= 0.6 is 38.5 Å². The van der Waals surface area contributed by atoms with Crippen molar-refractivity contribution in [1.29, 1.82) is 0 Å². The highest BCUT2D eigenvalue weighted by Crippen LogP contribution is 2.30. The first-order valence-electron chi connectivity index (χ1n) is 7.53. The Morgan fingerprint density at radius 1 is 1.04 bits per heavy atom. The van der Waals surface area contributed by atoms with E-state index < -0.39 is 17.4 Å². The molecule has 1 aromatic carbocycles. The first-order valence-corrected chi connectivity index (χ1v) is 9.85. The van der Waals surface area contributed by atoms with Gasteiger partial charge in [0, 0.05) is 12.8 Å². The number of hydrogen-bond acceptors (Lipinski definition) is 5. The molecular weight excluding hydrogens is 515 g/mol. The van der Waals surface area contributed by atoms with Crippen LogP contribution in [0.2, 0.25) is 0 Å². The second-order valence-corrected chi connectivity index (χ2v) is 6.60. The molecule has 0 amide bonds. The molecule has 0 aliphatic heterocycles. The van der Waals surface area contributed by atoms with Gasteiger partial charge in [-0.2, -0.15) is 0 Å². The molecule has 26 heavy (non-hydrogen) atoms. The van der Waals surface area contributed by atoms with E-state index in [1.165, 1.54) is 14.2 Å². The predicted molar refractivity (Wildman–Crippen MR) is 110 cm³/mol. The second-order valence-electron chi connectivity index (χ2n) is 4.98. The molecule has 138 valence electrons. The largest absolute Gasteiger partial charge is 0.480 e. The number of hydrogen-bond donors (Lipinski definition) is 0. The number of carbonyl (C=O) groups excluding carboxylic acids is 2. The van der Waals surface area contributed by atoms with Gasteiger partial charge in [-0.25, -0.2) is 0 Å². The maximum Gasteiger partial charge on any atom is 0.325 e. The van der Waals surface area contributed by atoms with Crippen LogP contribution in [-0.2, 0) is 19.1 Å². The zero-order chi connectivity index (χ0) is 19.4. The van der Waals surface area contributed by atoms with Gasteiger partial charge >= 0.3 is 11.9 Å². The number of carbonyl (C=O) groups is 2. The van der Waals surface area contributed by atoms with E-state index in [0.717, 1.165) is 4.47 Å². The molecule has 0 N–H and O–H groups in total. The first kappa shape index (κ1) is 22.3. The summed E-state index contributed by atoms with van der Waals surface area (Å²) in [6.45, 7) is 0.112. The number of halogens is 2. The third-order valence-corrected chi connectivity index (χ3v) is 4.42. The lowest BCUT2D eigenvalue weighted by atomic mass is 9.81. The number of benzene rings is 1. The Bertz CT molecular complexity index is 738. The zero-order valence-electron chi connectivity index (χ0n) is 14.4. The summed E-state index contributed by atoms with van der Waals surface area (Å²) in [5.74, 6) is 10.5. The minimum atomic E-state index is -1.57. The molecule has 0 aliphatic carbocycles. The summed E-state index contributed by atoms with van der Waals surface area (Å²) in [6, 6.07) is 7.38. The van der Waals surface area contributed by atoms with Gasteiger partial charge in [-0.1, -0.05) is 52.5 Å². The van der Waals surface area contributed by atoms with E-state index in [4.69, 9.17) is 14.2 Å². The fourth-order valence-electron chi connectivity index (χ4n) is 2.03. The molecule has 0 saturated heterocycles. The Morgan fingerprint density at radius 3 is 2.15 bits per heavy atom. The molecule has 0 atom stereocenters. The average molecular weight is 533 g/mol. The van der Waals surface area contributed by atoms with Crippen molar-refractivity contribution in [2.24, 2.45) is 5.41 Å². The molecule has 0 aliphatic rings. The van der Waals surface area contributed by atoms with Crippen LogP contribution in [0.25, 0.3) is 0 Å². The number of alkyl halides is 1. The third kappa shape index (κ3) is 6.22. The Hall–Kier alpha value is -1.71. The van der Waals surface area contributed by atoms with Crippen LogP contribution in [0.4, 0.5) is 0 Å². The highest BCUT2D eigenvalue weighted by molar-refractivity contribution is 14.1. The standard InChI is InChI=1S/C19H18BrIO5/c1-24-17(22)19(18(23)25-2,11-5-7-13-21)12-6-8-14-26-16-10-4-3-9-15(16)20/h3-4,9-10H,11-14H2,1-2H3. The van der Waals surface area contributed by atoms with Gasteiger partial charge in [-0.3, -0.25) is 9.59 Å². The van der Waals surface area contributed by atoms with Crippen molar-refractivity contribution >= 4 is 50.5 Å². The summed E-state index contributed by atoms with van der Waals surface area (Å²) in [6.07, 6.45) is -0.0866. The van der Waals surface area contributed by atoms with E-state index >= 15 is 0 Å². The van der Waals surface area contributed by atoms with Gasteiger partial charge in [0.25, 0.3) is 0 Å². The smallest absolute Gasteiger partial charge is 0.325 e. The normalized spacial score (nSPS) is 9.85. The fraction of sp³-hybridized carbons (Fsp3) is 0.368. The van der Waals surface area contributed by atoms with Gasteiger partial charge in [-0.05, 0) is 28.1 Å². The highest BCUT2D eigenvalue weighted by atomic mass is 127. The number of esters is 2. The lowest BCUT2D eigenvalue weighted by Crippen LogP contribution is -2.40. The van der Waals surface area contributed by atoms with Crippen LogP contribution in [0.3, 0.4) is 0 Å². The van der Waals surface area contributed by atoms with Crippen molar-refractivity contribution in [1.82, 2.24) is 0 Å². The van der Waals surface area contributed by atoms with Gasteiger partial charge in [0.2, 0.25) is 0 Å². The summed E-state index contributed by atoms with van der Waals surface area (Å²) in [5, 5.41) is 0. The Balaban J connectivity index is 2.90. The van der Waals surface area contributed by atoms with Gasteiger partial charge < -0.3 is 14.2 Å². The number of rotatable bonds is 6. The van der Waals surface area contributed by atoms with Crippen molar-refractivity contribution in [2.75, 3.05) is 25.3 Å². The maximum atomic E-state index is 12.3. The Kier molecular flexibility index (Phi) is 10.2. The quantitative estimate of drug-likeness (QED) is 0.185. The van der Waals surface area contributed by atoms with Gasteiger partial charge in [0.05, 0.1) is 23.1 Å². The molecule has 0 heterocycles. The molecule has 0 fully saturated rings. The van der Waals surface area contributed by atoms with Crippen LogP contribution in [0, 0.1) is 29.1 Å². The van der Waals surface area contributed by atoms with Crippen LogP contribution in [0.5, 0.6) is 5.75 Å². The topological polar surface area (TPSA) is 61.8 Å². The second kappa shape index (κ2) is 11.8. The summed E-state index contributed by atoms with van der Waals surface area (Å²) >= 11 is 5.46. The van der Waals surface area contributed by atoms with E-state index in [1.807, 2.05) is 18.2 Å². The SMILES string of the molecule is COC(=O)C(CC#CCI)(CC#CCOc1ccccc1Br)C(=O)OC. The molecule has 7 heteroatoms. The molecule has 1 rings (SSSR count). The van der Waals surface area contributed by atoms with Crippen molar-refractivity contribution in [3.8, 4) is 29.4 Å². The number of methoxy groups -OCH3 is 2. The predicted octanol–water partition coefficient (Wildman–Crippen LogP) is 3.38. The fourth-order valence-corrected chi connectivity index (χ4v) is 2.69. The van der Waals surface area contributed by atoms with E-state index in [0.29, 0.717) is 10.2 Å². The maximum absolute atomic E-state index is 12.3. The van der Waals surface area contributed by atoms with Gasteiger partial charge in [-0.15, -0.1) is 5.92 Å². The average Bonchev–Trinajstić information content (AvgIpc) is 2.66. The van der Waals surface area contributed by atoms with Crippen LogP contribution < -0.4 is 4.74 Å². The van der Waals surface area contributed by atoms with Crippen LogP contribution in [0.15, 0.2) is 28.7 Å². The summed E-state index contributed by atoms with van der Waals surface area (Å²) in [7, 11) is 2.44. The number of para-hydroxylation sites is 1. The molecule has 0 saturated carbocycles. The van der Waals surface area contributed by atoms with Crippen molar-refractivity contribution < 1.29 is 23.8 Å². The van der Waals surface area contributed by atoms with Gasteiger partial charge in [0.1, 0.15) is 12.4 Å². The summed E-state index contributed by atoms with van der Waals surface area (Å²) in [5.41, 5.74) is -1.57. The molecule has 0 spiro atoms. The molecule has 0 aromatic heterocycles. The number of ether oxygens (including phenoxy) is 3. The molecule has 1 aromatic rings. The van der Waals surface area contributed by atoms with E-state index in [-0.39, 0.29) is 19.4 Å². The summed E-state index contributed by atoms with van der Waals surface area (Å²) < 4.78 is 16.5. The molecular formula is C19H18BrIO5. The van der Waals surface area contributed by atoms with Crippen molar-refractivity contribution in [3.63, 3.8) is 0 Å². The van der Waals surface area contributed by atoms with Crippen molar-refractivity contribution in [3.05, 3.63) is 28.7 Å². The molecule has 0 unspecified atom stereocenters. The van der Waals surface area contributed by atoms with Crippen LogP contribution in [-0.4, -0.2) is 37.2 Å². The van der Waals surface area contributed by atoms with Gasteiger partial charge in [0.15, 0.2) is 5.41 Å². The first-order chi connectivity index (χ1) is 12.5. The lowest BCUT2D eigenvalue weighted by molar-refractivity contribution is -0.168. The Morgan fingerprint density at radius 2 is 1.62 bits per heavy atom. The molecule has 0 bridgehead atoms. The molecule has 5 nitrogen and oxygen atoms in total. The highest BCUT2D eigenvalue weighted by Gasteiger charge is 2.47. The monoisotopic (exact) mass is 532 g/mol. The lowest BCUT2D eigenvalue weighted by Gasteiger charge is -2.23. The zero-order valence-corrected chi connectivity index (χ0v) is 18.2. The van der Waals surface area contributed by atoms with Crippen molar-refractivity contribution in [2.45, 2.75) is 12.8 Å². The minimum Gasteiger partial charge on any atom is -0.480 e. The summed E-state index contributed by atoms with van der Waals surface area (Å²) in [4.78, 5) is 24.5.